The van der Waals surface area contributed by atoms with Crippen molar-refractivity contribution in [3.8, 4) is 5.75 Å². The number of carbonyl (C=O) groups is 1. The Hall–Kier alpha value is -2.29. The van der Waals surface area contributed by atoms with Crippen molar-refractivity contribution in [3.63, 3.8) is 0 Å². The molecule has 0 aliphatic heterocycles. The molecular weight excluding hydrogens is 360 g/mol. The number of rotatable bonds is 9. The molecular formula is C26H36O3. The summed E-state index contributed by atoms with van der Waals surface area (Å²) in [6, 6.07) is 16.0. The van der Waals surface area contributed by atoms with E-state index in [4.69, 9.17) is 9.47 Å². The van der Waals surface area contributed by atoms with Crippen molar-refractivity contribution >= 4 is 6.16 Å². The lowest BCUT2D eigenvalue weighted by molar-refractivity contribution is 0.0981. The van der Waals surface area contributed by atoms with Crippen LogP contribution in [0.25, 0.3) is 0 Å². The molecule has 0 fully saturated rings. The molecule has 0 radical (unpaired) electrons. The molecule has 0 amide bonds. The first kappa shape index (κ1) is 23.0. The molecule has 0 N–H and O–H groups in total. The molecule has 0 saturated heterocycles. The summed E-state index contributed by atoms with van der Waals surface area (Å²) in [5.74, 6) is 0.499. The first-order valence-electron chi connectivity index (χ1n) is 10.7. The van der Waals surface area contributed by atoms with Gasteiger partial charge >= 0.3 is 6.16 Å². The molecule has 0 aliphatic rings. The van der Waals surface area contributed by atoms with E-state index < -0.39 is 6.16 Å². The summed E-state index contributed by atoms with van der Waals surface area (Å²) in [7, 11) is 0. The maximum absolute atomic E-state index is 11.8. The maximum atomic E-state index is 11.8. The van der Waals surface area contributed by atoms with E-state index in [1.54, 1.807) is 12.1 Å². The van der Waals surface area contributed by atoms with Crippen molar-refractivity contribution < 1.29 is 14.3 Å². The summed E-state index contributed by atoms with van der Waals surface area (Å²) in [4.78, 5) is 11.8. The predicted molar refractivity (Wildman–Crippen MR) is 120 cm³/mol. The molecule has 0 bridgehead atoms. The zero-order valence-electron chi connectivity index (χ0n) is 18.9. The molecule has 0 saturated carbocycles. The molecule has 0 unspecified atom stereocenters. The Bertz CT molecular complexity index is 757. The van der Waals surface area contributed by atoms with Gasteiger partial charge in [-0.2, -0.15) is 0 Å². The van der Waals surface area contributed by atoms with Crippen LogP contribution in [0.1, 0.15) is 77.5 Å². The van der Waals surface area contributed by atoms with Crippen LogP contribution in [0.5, 0.6) is 5.75 Å². The molecule has 2 aromatic rings. The van der Waals surface area contributed by atoms with E-state index in [1.165, 1.54) is 16.7 Å². The molecule has 0 spiro atoms. The van der Waals surface area contributed by atoms with Crippen molar-refractivity contribution in [2.75, 3.05) is 6.61 Å². The summed E-state index contributed by atoms with van der Waals surface area (Å²) in [5, 5.41) is 0. The third kappa shape index (κ3) is 6.62. The summed E-state index contributed by atoms with van der Waals surface area (Å²) in [6.45, 7) is 14.0. The van der Waals surface area contributed by atoms with E-state index in [1.807, 2.05) is 18.2 Å². The van der Waals surface area contributed by atoms with Crippen molar-refractivity contribution in [1.82, 2.24) is 0 Å². The molecule has 2 aromatic carbocycles. The highest BCUT2D eigenvalue weighted by atomic mass is 16.7. The van der Waals surface area contributed by atoms with E-state index in [2.05, 4.69) is 59.7 Å². The Morgan fingerprint density at radius 3 is 1.93 bits per heavy atom. The SMILES string of the molecule is CCC(C)(C)c1cc(CCCOC(=O)Oc2ccccc2)cc(C(C)(C)CC)c1. The average Bonchev–Trinajstić information content (AvgIpc) is 2.71. The molecule has 2 rings (SSSR count). The highest BCUT2D eigenvalue weighted by Gasteiger charge is 2.24. The number of para-hydroxylation sites is 1. The summed E-state index contributed by atoms with van der Waals surface area (Å²) >= 11 is 0. The Kier molecular flexibility index (Phi) is 7.89. The standard InChI is InChI=1S/C26H36O3/c1-7-25(3,4)21-17-20(18-22(19-21)26(5,6)8-2)13-12-16-28-24(27)29-23-14-10-9-11-15-23/h9-11,14-15,17-19H,7-8,12-13,16H2,1-6H3. The maximum Gasteiger partial charge on any atom is 0.513 e. The lowest BCUT2D eigenvalue weighted by Gasteiger charge is -2.29. The molecule has 0 aromatic heterocycles. The second-order valence-corrected chi connectivity index (χ2v) is 9.01. The van der Waals surface area contributed by atoms with Crippen LogP contribution in [0.3, 0.4) is 0 Å². The smallest absolute Gasteiger partial charge is 0.434 e. The van der Waals surface area contributed by atoms with Gasteiger partial charge in [0, 0.05) is 0 Å². The lowest BCUT2D eigenvalue weighted by Crippen LogP contribution is -2.21. The highest BCUT2D eigenvalue weighted by molar-refractivity contribution is 5.63. The number of hydrogen-bond acceptors (Lipinski definition) is 3. The first-order valence-corrected chi connectivity index (χ1v) is 10.7. The number of hydrogen-bond donors (Lipinski definition) is 0. The first-order chi connectivity index (χ1) is 13.7. The third-order valence-electron chi connectivity index (χ3n) is 6.10. The fourth-order valence-corrected chi connectivity index (χ4v) is 3.07. The Balaban J connectivity index is 2.01. The topological polar surface area (TPSA) is 35.5 Å². The largest absolute Gasteiger partial charge is 0.513 e. The summed E-state index contributed by atoms with van der Waals surface area (Å²) in [6.07, 6.45) is 3.18. The van der Waals surface area contributed by atoms with Crippen LogP contribution >= 0.6 is 0 Å². The van der Waals surface area contributed by atoms with Gasteiger partial charge in [-0.3, -0.25) is 0 Å². The van der Waals surface area contributed by atoms with Crippen LogP contribution in [0, 0.1) is 0 Å². The van der Waals surface area contributed by atoms with E-state index in [-0.39, 0.29) is 10.8 Å². The molecule has 0 aliphatic carbocycles. The van der Waals surface area contributed by atoms with Crippen LogP contribution in [0.2, 0.25) is 0 Å². The van der Waals surface area contributed by atoms with Crippen molar-refractivity contribution in [2.24, 2.45) is 0 Å². The van der Waals surface area contributed by atoms with Gasteiger partial charge in [-0.05, 0) is 65.3 Å². The van der Waals surface area contributed by atoms with Gasteiger partial charge in [-0.15, -0.1) is 0 Å². The Morgan fingerprint density at radius 1 is 0.862 bits per heavy atom. The van der Waals surface area contributed by atoms with Gasteiger partial charge in [-0.1, -0.05) is 77.9 Å². The van der Waals surface area contributed by atoms with E-state index >= 15 is 0 Å². The van der Waals surface area contributed by atoms with Gasteiger partial charge in [0.15, 0.2) is 0 Å². The molecule has 0 heterocycles. The third-order valence-corrected chi connectivity index (χ3v) is 6.10. The summed E-state index contributed by atoms with van der Waals surface area (Å²) in [5.41, 5.74) is 4.37. The van der Waals surface area contributed by atoms with Crippen molar-refractivity contribution in [3.05, 3.63) is 65.2 Å². The van der Waals surface area contributed by atoms with E-state index in [9.17, 15) is 4.79 Å². The zero-order valence-corrected chi connectivity index (χ0v) is 18.9. The van der Waals surface area contributed by atoms with Gasteiger partial charge in [-0.25, -0.2) is 4.79 Å². The second-order valence-electron chi connectivity index (χ2n) is 9.01. The fraction of sp³-hybridized carbons (Fsp3) is 0.500. The second kappa shape index (κ2) is 9.96. The average molecular weight is 397 g/mol. The van der Waals surface area contributed by atoms with Crippen LogP contribution < -0.4 is 4.74 Å². The van der Waals surface area contributed by atoms with Gasteiger partial charge in [0.1, 0.15) is 5.75 Å². The van der Waals surface area contributed by atoms with Crippen molar-refractivity contribution in [1.29, 1.82) is 0 Å². The number of aryl methyl sites for hydroxylation is 1. The number of ether oxygens (including phenoxy) is 2. The van der Waals surface area contributed by atoms with Gasteiger partial charge < -0.3 is 9.47 Å². The fourth-order valence-electron chi connectivity index (χ4n) is 3.07. The van der Waals surface area contributed by atoms with Crippen LogP contribution in [-0.4, -0.2) is 12.8 Å². The minimum Gasteiger partial charge on any atom is -0.434 e. The van der Waals surface area contributed by atoms with Crippen LogP contribution in [0.4, 0.5) is 4.79 Å². The lowest BCUT2D eigenvalue weighted by atomic mass is 9.75. The minimum atomic E-state index is -0.648. The molecule has 0 atom stereocenters. The predicted octanol–water partition coefficient (Wildman–Crippen LogP) is 7.21. The molecule has 29 heavy (non-hydrogen) atoms. The van der Waals surface area contributed by atoms with Crippen LogP contribution in [-0.2, 0) is 22.0 Å². The number of carbonyl (C=O) groups excluding carboxylic acids is 1. The zero-order chi connectivity index (χ0) is 21.5. The monoisotopic (exact) mass is 396 g/mol. The normalized spacial score (nSPS) is 11.9. The minimum absolute atomic E-state index is 0.143. The summed E-state index contributed by atoms with van der Waals surface area (Å²) < 4.78 is 10.4. The molecule has 158 valence electrons. The van der Waals surface area contributed by atoms with Gasteiger partial charge in [0.2, 0.25) is 0 Å². The van der Waals surface area contributed by atoms with Crippen molar-refractivity contribution in [2.45, 2.75) is 78.1 Å². The van der Waals surface area contributed by atoms with E-state index in [0.717, 1.165) is 25.7 Å². The van der Waals surface area contributed by atoms with Gasteiger partial charge in [0.25, 0.3) is 0 Å². The highest BCUT2D eigenvalue weighted by Crippen LogP contribution is 2.34. The molecule has 3 heteroatoms. The van der Waals surface area contributed by atoms with Gasteiger partial charge in [0.05, 0.1) is 6.61 Å². The van der Waals surface area contributed by atoms with Crippen LogP contribution in [0.15, 0.2) is 48.5 Å². The Labute approximate surface area is 176 Å². The molecule has 3 nitrogen and oxygen atoms in total. The van der Waals surface area contributed by atoms with E-state index in [0.29, 0.717) is 12.4 Å². The quantitative estimate of drug-likeness (QED) is 0.255. The Morgan fingerprint density at radius 2 is 1.41 bits per heavy atom. The number of benzene rings is 2.